The van der Waals surface area contributed by atoms with Gasteiger partial charge in [0.25, 0.3) is 17.5 Å². The number of rotatable bonds is 6. The summed E-state index contributed by atoms with van der Waals surface area (Å²) in [7, 11) is 0. The fourth-order valence-corrected chi connectivity index (χ4v) is 3.07. The summed E-state index contributed by atoms with van der Waals surface area (Å²) in [6.07, 6.45) is 0. The number of esters is 1. The highest BCUT2D eigenvalue weighted by Crippen LogP contribution is 2.33. The van der Waals surface area contributed by atoms with Gasteiger partial charge in [0.15, 0.2) is 6.61 Å². The third-order valence-corrected chi connectivity index (χ3v) is 4.61. The number of non-ortho nitro benzene ring substituents is 1. The van der Waals surface area contributed by atoms with Gasteiger partial charge in [0.2, 0.25) is 0 Å². The van der Waals surface area contributed by atoms with Gasteiger partial charge in [-0.25, -0.2) is 4.79 Å². The predicted octanol–water partition coefficient (Wildman–Crippen LogP) is 4.62. The van der Waals surface area contributed by atoms with E-state index < -0.39 is 10.9 Å². The van der Waals surface area contributed by atoms with Crippen molar-refractivity contribution in [1.29, 1.82) is 0 Å². The Morgan fingerprint density at radius 2 is 1.97 bits per heavy atom. The number of halogens is 1. The summed E-state index contributed by atoms with van der Waals surface area (Å²) in [5.41, 5.74) is 1.64. The summed E-state index contributed by atoms with van der Waals surface area (Å²) in [5.74, 6) is -0.0903. The minimum absolute atomic E-state index is 0.0201. The van der Waals surface area contributed by atoms with Crippen molar-refractivity contribution in [1.82, 2.24) is 15.4 Å². The molecule has 4 aromatic rings. The van der Waals surface area contributed by atoms with Crippen LogP contribution in [-0.4, -0.2) is 26.2 Å². The largest absolute Gasteiger partial charge is 0.452 e. The van der Waals surface area contributed by atoms with E-state index in [1.807, 2.05) is 30.3 Å². The lowest BCUT2D eigenvalue weighted by Crippen LogP contribution is -2.06. The molecule has 0 saturated heterocycles. The predicted molar refractivity (Wildman–Crippen MR) is 107 cm³/mol. The lowest BCUT2D eigenvalue weighted by Gasteiger charge is -2.04. The number of nitrogens with zero attached hydrogens (tertiary/aromatic N) is 4. The molecule has 0 N–H and O–H groups in total. The molecule has 0 aliphatic heterocycles. The number of nitro groups is 1. The zero-order chi connectivity index (χ0) is 22.0. The molecule has 0 fully saturated rings. The first-order chi connectivity index (χ1) is 14.9. The van der Waals surface area contributed by atoms with E-state index in [0.29, 0.717) is 17.0 Å². The van der Waals surface area contributed by atoms with E-state index in [-0.39, 0.29) is 34.7 Å². The topological polar surface area (TPSA) is 134 Å². The van der Waals surface area contributed by atoms with Crippen LogP contribution in [0.5, 0.6) is 0 Å². The minimum Gasteiger partial charge on any atom is -0.452 e. The maximum absolute atomic E-state index is 12.3. The Hall–Kier alpha value is -4.05. The van der Waals surface area contributed by atoms with Crippen LogP contribution in [0.1, 0.15) is 22.0 Å². The molecular weight excluding hydrogens is 428 g/mol. The molecule has 0 aliphatic rings. The number of carbonyl (C=O) groups is 1. The monoisotopic (exact) mass is 440 g/mol. The molecule has 0 amide bonds. The number of ether oxygens (including phenoxy) is 1. The minimum atomic E-state index is -0.786. The van der Waals surface area contributed by atoms with Gasteiger partial charge in [0.1, 0.15) is 17.0 Å². The summed E-state index contributed by atoms with van der Waals surface area (Å²) < 4.78 is 16.0. The van der Waals surface area contributed by atoms with E-state index in [0.717, 1.165) is 17.7 Å². The molecule has 0 spiro atoms. The van der Waals surface area contributed by atoms with Gasteiger partial charge < -0.3 is 13.7 Å². The SMILES string of the molecule is Cc1onc(-c2ccccc2)c1-c1nnc(COC(=O)c2ccc([N+](=O)[O-])cc2Cl)o1. The quantitative estimate of drug-likeness (QED) is 0.239. The first-order valence-electron chi connectivity index (χ1n) is 8.89. The second-order valence-electron chi connectivity index (χ2n) is 6.33. The Labute approximate surface area is 179 Å². The molecule has 0 atom stereocenters. The zero-order valence-electron chi connectivity index (χ0n) is 15.9. The van der Waals surface area contributed by atoms with E-state index in [1.54, 1.807) is 6.92 Å². The molecule has 2 aromatic carbocycles. The number of benzene rings is 2. The molecule has 2 aromatic heterocycles. The Balaban J connectivity index is 1.50. The number of hydrogen-bond donors (Lipinski definition) is 0. The van der Waals surface area contributed by atoms with E-state index in [2.05, 4.69) is 15.4 Å². The third kappa shape index (κ3) is 4.14. The van der Waals surface area contributed by atoms with Crippen molar-refractivity contribution >= 4 is 23.3 Å². The summed E-state index contributed by atoms with van der Waals surface area (Å²) in [4.78, 5) is 22.4. The van der Waals surface area contributed by atoms with Crippen molar-refractivity contribution in [3.63, 3.8) is 0 Å². The van der Waals surface area contributed by atoms with Gasteiger partial charge in [-0.1, -0.05) is 47.1 Å². The molecule has 4 rings (SSSR count). The molecule has 0 saturated carbocycles. The molecule has 0 bridgehead atoms. The maximum atomic E-state index is 12.3. The van der Waals surface area contributed by atoms with Crippen LogP contribution in [0.4, 0.5) is 5.69 Å². The average Bonchev–Trinajstić information content (AvgIpc) is 3.38. The Morgan fingerprint density at radius 3 is 2.68 bits per heavy atom. The Morgan fingerprint density at radius 1 is 1.19 bits per heavy atom. The highest BCUT2D eigenvalue weighted by Gasteiger charge is 2.23. The van der Waals surface area contributed by atoms with Crippen molar-refractivity contribution in [2.75, 3.05) is 0 Å². The van der Waals surface area contributed by atoms with Gasteiger partial charge in [-0.3, -0.25) is 10.1 Å². The van der Waals surface area contributed by atoms with Crippen molar-refractivity contribution < 1.29 is 23.4 Å². The fourth-order valence-electron chi connectivity index (χ4n) is 2.82. The second kappa shape index (κ2) is 8.36. The summed E-state index contributed by atoms with van der Waals surface area (Å²) in [6, 6.07) is 12.8. The van der Waals surface area contributed by atoms with Crippen molar-refractivity contribution in [2.24, 2.45) is 0 Å². The molecule has 10 nitrogen and oxygen atoms in total. The van der Waals surface area contributed by atoms with Gasteiger partial charge in [-0.05, 0) is 13.0 Å². The van der Waals surface area contributed by atoms with E-state index >= 15 is 0 Å². The van der Waals surface area contributed by atoms with Crippen LogP contribution in [0, 0.1) is 17.0 Å². The molecule has 31 heavy (non-hydrogen) atoms. The number of aromatic nitrogens is 3. The fraction of sp³-hybridized carbons (Fsp3) is 0.100. The first-order valence-corrected chi connectivity index (χ1v) is 9.27. The Bertz CT molecular complexity index is 1270. The lowest BCUT2D eigenvalue weighted by atomic mass is 10.1. The summed E-state index contributed by atoms with van der Waals surface area (Å²) in [5, 5.41) is 22.6. The van der Waals surface area contributed by atoms with E-state index in [1.165, 1.54) is 6.07 Å². The highest BCUT2D eigenvalue weighted by molar-refractivity contribution is 6.33. The van der Waals surface area contributed by atoms with Crippen LogP contribution in [0.2, 0.25) is 5.02 Å². The number of aryl methyl sites for hydroxylation is 1. The van der Waals surface area contributed by atoms with Crippen LogP contribution in [-0.2, 0) is 11.3 Å². The molecule has 156 valence electrons. The summed E-state index contributed by atoms with van der Waals surface area (Å²) >= 11 is 5.94. The van der Waals surface area contributed by atoms with E-state index in [4.69, 9.17) is 25.3 Å². The van der Waals surface area contributed by atoms with Gasteiger partial charge in [-0.15, -0.1) is 10.2 Å². The van der Waals surface area contributed by atoms with Crippen molar-refractivity contribution in [3.05, 3.63) is 80.9 Å². The van der Waals surface area contributed by atoms with E-state index in [9.17, 15) is 14.9 Å². The van der Waals surface area contributed by atoms with Gasteiger partial charge in [-0.2, -0.15) is 0 Å². The second-order valence-corrected chi connectivity index (χ2v) is 6.73. The number of carbonyl (C=O) groups excluding carboxylic acids is 1. The normalized spacial score (nSPS) is 10.8. The van der Waals surface area contributed by atoms with Crippen molar-refractivity contribution in [3.8, 4) is 22.7 Å². The standard InChI is InChI=1S/C20H13ClN4O6/c1-11-17(18(24-31-11)12-5-3-2-4-6-12)19-23-22-16(30-19)10-29-20(26)14-8-7-13(25(27)28)9-15(14)21/h2-9H,10H2,1H3. The molecule has 0 radical (unpaired) electrons. The molecule has 0 unspecified atom stereocenters. The molecule has 11 heteroatoms. The molecule has 2 heterocycles. The number of nitro benzene ring substituents is 1. The van der Waals surface area contributed by atoms with Crippen LogP contribution in [0.25, 0.3) is 22.7 Å². The van der Waals surface area contributed by atoms with Crippen LogP contribution in [0.15, 0.2) is 57.5 Å². The highest BCUT2D eigenvalue weighted by atomic mass is 35.5. The molecule has 0 aliphatic carbocycles. The van der Waals surface area contributed by atoms with Crippen LogP contribution < -0.4 is 0 Å². The first kappa shape index (κ1) is 20.2. The molecular formula is C20H13ClN4O6. The third-order valence-electron chi connectivity index (χ3n) is 4.30. The lowest BCUT2D eigenvalue weighted by molar-refractivity contribution is -0.384. The van der Waals surface area contributed by atoms with Crippen LogP contribution >= 0.6 is 11.6 Å². The average molecular weight is 441 g/mol. The van der Waals surface area contributed by atoms with Gasteiger partial charge >= 0.3 is 5.97 Å². The number of hydrogen-bond acceptors (Lipinski definition) is 9. The van der Waals surface area contributed by atoms with Crippen molar-refractivity contribution in [2.45, 2.75) is 13.5 Å². The van der Waals surface area contributed by atoms with Crippen LogP contribution in [0.3, 0.4) is 0 Å². The van der Waals surface area contributed by atoms with Gasteiger partial charge in [0, 0.05) is 17.7 Å². The Kier molecular flexibility index (Phi) is 5.46. The smallest absolute Gasteiger partial charge is 0.340 e. The zero-order valence-corrected chi connectivity index (χ0v) is 16.7. The summed E-state index contributed by atoms with van der Waals surface area (Å²) in [6.45, 7) is 1.40. The van der Waals surface area contributed by atoms with Gasteiger partial charge in [0.05, 0.1) is 15.5 Å². The maximum Gasteiger partial charge on any atom is 0.340 e.